The van der Waals surface area contributed by atoms with Gasteiger partial charge in [0.1, 0.15) is 0 Å². The molecule has 0 saturated carbocycles. The molecule has 1 aliphatic rings. The number of pyridine rings is 1. The molecule has 1 aromatic heterocycles. The summed E-state index contributed by atoms with van der Waals surface area (Å²) >= 11 is 0. The summed E-state index contributed by atoms with van der Waals surface area (Å²) in [7, 11) is 0. The van der Waals surface area contributed by atoms with E-state index in [1.54, 1.807) is 6.20 Å². The standard InChI is InChI=1S/C15H15NO2/c17-15(12-5-8-18-9-6-12)13-4-3-11-2-1-7-16-14(11)10-13/h1-4,7,10,12H,5-6,8-9H2. The van der Waals surface area contributed by atoms with Crippen LogP contribution in [0.5, 0.6) is 0 Å². The van der Waals surface area contributed by atoms with Crippen molar-refractivity contribution in [1.29, 1.82) is 0 Å². The molecule has 18 heavy (non-hydrogen) atoms. The molecule has 1 fully saturated rings. The van der Waals surface area contributed by atoms with Crippen LogP contribution >= 0.6 is 0 Å². The molecular formula is C15H15NO2. The molecule has 3 heteroatoms. The largest absolute Gasteiger partial charge is 0.381 e. The lowest BCUT2D eigenvalue weighted by Gasteiger charge is -2.20. The van der Waals surface area contributed by atoms with Gasteiger partial charge in [-0.25, -0.2) is 0 Å². The smallest absolute Gasteiger partial charge is 0.166 e. The second-order valence-corrected chi connectivity index (χ2v) is 4.66. The van der Waals surface area contributed by atoms with Crippen molar-refractivity contribution in [3.05, 3.63) is 42.1 Å². The van der Waals surface area contributed by atoms with Gasteiger partial charge in [0.2, 0.25) is 0 Å². The van der Waals surface area contributed by atoms with Crippen molar-refractivity contribution in [1.82, 2.24) is 4.98 Å². The van der Waals surface area contributed by atoms with E-state index >= 15 is 0 Å². The highest BCUT2D eigenvalue weighted by Gasteiger charge is 2.22. The van der Waals surface area contributed by atoms with Crippen LogP contribution in [0.1, 0.15) is 23.2 Å². The van der Waals surface area contributed by atoms with Crippen LogP contribution in [0.2, 0.25) is 0 Å². The molecule has 0 N–H and O–H groups in total. The van der Waals surface area contributed by atoms with Gasteiger partial charge in [-0.1, -0.05) is 18.2 Å². The van der Waals surface area contributed by atoms with Gasteiger partial charge < -0.3 is 4.74 Å². The van der Waals surface area contributed by atoms with E-state index in [0.29, 0.717) is 13.2 Å². The van der Waals surface area contributed by atoms with Gasteiger partial charge in [-0.05, 0) is 25.0 Å². The van der Waals surface area contributed by atoms with E-state index in [2.05, 4.69) is 4.98 Å². The molecule has 0 radical (unpaired) electrons. The minimum atomic E-state index is 0.111. The Morgan fingerprint density at radius 1 is 1.22 bits per heavy atom. The Hall–Kier alpha value is -1.74. The van der Waals surface area contributed by atoms with Crippen LogP contribution in [0.25, 0.3) is 10.9 Å². The maximum Gasteiger partial charge on any atom is 0.166 e. The van der Waals surface area contributed by atoms with Crippen molar-refractivity contribution in [2.45, 2.75) is 12.8 Å². The summed E-state index contributed by atoms with van der Waals surface area (Å²) in [5.74, 6) is 0.339. The predicted molar refractivity (Wildman–Crippen MR) is 69.6 cm³/mol. The van der Waals surface area contributed by atoms with Crippen molar-refractivity contribution in [2.75, 3.05) is 13.2 Å². The zero-order chi connectivity index (χ0) is 12.4. The molecule has 1 saturated heterocycles. The van der Waals surface area contributed by atoms with E-state index in [1.807, 2.05) is 30.3 Å². The summed E-state index contributed by atoms with van der Waals surface area (Å²) in [5.41, 5.74) is 1.66. The van der Waals surface area contributed by atoms with Gasteiger partial charge in [-0.15, -0.1) is 0 Å². The Balaban J connectivity index is 1.91. The predicted octanol–water partition coefficient (Wildman–Crippen LogP) is 2.84. The van der Waals surface area contributed by atoms with Gasteiger partial charge in [-0.2, -0.15) is 0 Å². The monoisotopic (exact) mass is 241 g/mol. The molecule has 0 bridgehead atoms. The lowest BCUT2D eigenvalue weighted by molar-refractivity contribution is 0.0545. The fourth-order valence-corrected chi connectivity index (χ4v) is 2.42. The molecule has 0 spiro atoms. The normalized spacial score (nSPS) is 16.9. The number of carbonyl (C=O) groups is 1. The molecule has 3 rings (SSSR count). The van der Waals surface area contributed by atoms with Gasteiger partial charge in [-0.3, -0.25) is 9.78 Å². The Morgan fingerprint density at radius 3 is 2.89 bits per heavy atom. The van der Waals surface area contributed by atoms with Crippen LogP contribution in [-0.2, 0) is 4.74 Å². The van der Waals surface area contributed by atoms with Crippen LogP contribution in [0, 0.1) is 5.92 Å². The number of Topliss-reactive ketones (excluding diaryl/α,β-unsaturated/α-hetero) is 1. The van der Waals surface area contributed by atoms with Gasteiger partial charge in [0.25, 0.3) is 0 Å². The lowest BCUT2D eigenvalue weighted by atomic mass is 9.90. The zero-order valence-corrected chi connectivity index (χ0v) is 10.1. The number of rotatable bonds is 2. The molecule has 1 aromatic carbocycles. The number of fused-ring (bicyclic) bond motifs is 1. The topological polar surface area (TPSA) is 39.2 Å². The molecular weight excluding hydrogens is 226 g/mol. The number of benzene rings is 1. The molecule has 0 unspecified atom stereocenters. The van der Waals surface area contributed by atoms with Crippen molar-refractivity contribution >= 4 is 16.7 Å². The molecule has 0 aliphatic carbocycles. The van der Waals surface area contributed by atoms with Gasteiger partial charge in [0, 0.05) is 36.3 Å². The Morgan fingerprint density at radius 2 is 2.06 bits per heavy atom. The van der Waals surface area contributed by atoms with Crippen LogP contribution in [0.15, 0.2) is 36.5 Å². The van der Waals surface area contributed by atoms with E-state index in [4.69, 9.17) is 4.74 Å². The minimum Gasteiger partial charge on any atom is -0.381 e. The fraction of sp³-hybridized carbons (Fsp3) is 0.333. The van der Waals surface area contributed by atoms with Gasteiger partial charge in [0.05, 0.1) is 5.52 Å². The first-order valence-electron chi connectivity index (χ1n) is 6.31. The molecule has 92 valence electrons. The average Bonchev–Trinajstić information content (AvgIpc) is 2.47. The third kappa shape index (κ3) is 2.14. The number of ketones is 1. The highest BCUT2D eigenvalue weighted by Crippen LogP contribution is 2.22. The van der Waals surface area contributed by atoms with Crippen molar-refractivity contribution < 1.29 is 9.53 Å². The zero-order valence-electron chi connectivity index (χ0n) is 10.1. The fourth-order valence-electron chi connectivity index (χ4n) is 2.42. The number of nitrogens with zero attached hydrogens (tertiary/aromatic N) is 1. The Bertz CT molecular complexity index is 573. The summed E-state index contributed by atoms with van der Waals surface area (Å²) in [4.78, 5) is 16.7. The maximum absolute atomic E-state index is 12.4. The minimum absolute atomic E-state index is 0.111. The number of carbonyl (C=O) groups excluding carboxylic acids is 1. The second-order valence-electron chi connectivity index (χ2n) is 4.66. The Kier molecular flexibility index (Phi) is 3.07. The quantitative estimate of drug-likeness (QED) is 0.759. The highest BCUT2D eigenvalue weighted by molar-refractivity contribution is 6.00. The first-order valence-corrected chi connectivity index (χ1v) is 6.31. The van der Waals surface area contributed by atoms with E-state index < -0.39 is 0 Å². The average molecular weight is 241 g/mol. The van der Waals surface area contributed by atoms with Crippen LogP contribution in [0.4, 0.5) is 0 Å². The second kappa shape index (κ2) is 4.86. The number of hydrogen-bond donors (Lipinski definition) is 0. The third-order valence-electron chi connectivity index (χ3n) is 3.48. The molecule has 1 aliphatic heterocycles. The Labute approximate surface area is 106 Å². The lowest BCUT2D eigenvalue weighted by Crippen LogP contribution is -2.23. The molecule has 3 nitrogen and oxygen atoms in total. The van der Waals surface area contributed by atoms with E-state index in [0.717, 1.165) is 29.3 Å². The summed E-state index contributed by atoms with van der Waals surface area (Å²) < 4.78 is 5.29. The molecule has 2 aromatic rings. The summed E-state index contributed by atoms with van der Waals surface area (Å²) in [6.07, 6.45) is 3.42. The first-order chi connectivity index (χ1) is 8.84. The maximum atomic E-state index is 12.4. The van der Waals surface area contributed by atoms with E-state index in [9.17, 15) is 4.79 Å². The van der Waals surface area contributed by atoms with Crippen molar-refractivity contribution in [3.63, 3.8) is 0 Å². The summed E-state index contributed by atoms with van der Waals surface area (Å²) in [6.45, 7) is 1.39. The van der Waals surface area contributed by atoms with Crippen molar-refractivity contribution in [2.24, 2.45) is 5.92 Å². The van der Waals surface area contributed by atoms with Gasteiger partial charge in [0.15, 0.2) is 5.78 Å². The third-order valence-corrected chi connectivity index (χ3v) is 3.48. The van der Waals surface area contributed by atoms with Crippen LogP contribution < -0.4 is 0 Å². The summed E-state index contributed by atoms with van der Waals surface area (Å²) in [5, 5.41) is 1.07. The highest BCUT2D eigenvalue weighted by atomic mass is 16.5. The number of ether oxygens (including phenoxy) is 1. The molecule has 0 amide bonds. The van der Waals surface area contributed by atoms with E-state index in [1.165, 1.54) is 0 Å². The molecule has 2 heterocycles. The number of hydrogen-bond acceptors (Lipinski definition) is 3. The van der Waals surface area contributed by atoms with E-state index in [-0.39, 0.29) is 11.7 Å². The van der Waals surface area contributed by atoms with Gasteiger partial charge >= 0.3 is 0 Å². The van der Waals surface area contributed by atoms with Crippen molar-refractivity contribution in [3.8, 4) is 0 Å². The number of aromatic nitrogens is 1. The van der Waals surface area contributed by atoms with Crippen LogP contribution in [-0.4, -0.2) is 24.0 Å². The first kappa shape index (κ1) is 11.4. The van der Waals surface area contributed by atoms with Crippen LogP contribution in [0.3, 0.4) is 0 Å². The summed E-state index contributed by atoms with van der Waals surface area (Å²) in [6, 6.07) is 9.68. The SMILES string of the molecule is O=C(c1ccc2cccnc2c1)C1CCOCC1. The molecule has 0 atom stereocenters.